The van der Waals surface area contributed by atoms with Crippen molar-refractivity contribution in [2.45, 2.75) is 31.9 Å². The van der Waals surface area contributed by atoms with Gasteiger partial charge in [0.2, 0.25) is 11.8 Å². The Balaban J connectivity index is 1.74. The van der Waals surface area contributed by atoms with Crippen LogP contribution in [0.15, 0.2) is 47.5 Å². The van der Waals surface area contributed by atoms with E-state index >= 15 is 0 Å². The second kappa shape index (κ2) is 10.5. The van der Waals surface area contributed by atoms with Gasteiger partial charge in [-0.25, -0.2) is 9.38 Å². The first-order valence-corrected chi connectivity index (χ1v) is 10.9. The minimum atomic E-state index is -0.562. The highest BCUT2D eigenvalue weighted by Gasteiger charge is 2.38. The molecule has 164 valence electrons. The minimum Gasteiger partial charge on any atom is -0.385 e. The molecule has 1 aliphatic rings. The summed E-state index contributed by atoms with van der Waals surface area (Å²) < 4.78 is 18.2. The Bertz CT molecular complexity index is 979. The molecule has 0 aliphatic carbocycles. The molecule has 1 atom stereocenters. The van der Waals surface area contributed by atoms with Crippen LogP contribution in [0.25, 0.3) is 0 Å². The van der Waals surface area contributed by atoms with E-state index in [1.165, 1.54) is 41.6 Å². The number of amides is 2. The predicted molar refractivity (Wildman–Crippen MR) is 122 cm³/mol. The third-order valence-corrected chi connectivity index (χ3v) is 6.14. The molecule has 8 heteroatoms. The number of benzene rings is 2. The lowest BCUT2D eigenvalue weighted by atomic mass is 10.1. The molecule has 1 heterocycles. The zero-order valence-electron chi connectivity index (χ0n) is 17.9. The second-order valence-corrected chi connectivity index (χ2v) is 8.53. The highest BCUT2D eigenvalue weighted by molar-refractivity contribution is 8.15. The van der Waals surface area contributed by atoms with Crippen LogP contribution in [-0.4, -0.2) is 47.4 Å². The molecule has 2 aromatic rings. The van der Waals surface area contributed by atoms with Crippen molar-refractivity contribution >= 4 is 40.1 Å². The van der Waals surface area contributed by atoms with E-state index in [0.717, 1.165) is 11.3 Å². The molecule has 3 rings (SSSR count). The number of nitrogens with zero attached hydrogens (tertiary/aromatic N) is 2. The van der Waals surface area contributed by atoms with E-state index in [2.05, 4.69) is 5.32 Å². The van der Waals surface area contributed by atoms with Crippen molar-refractivity contribution < 1.29 is 18.7 Å². The number of nitrogens with one attached hydrogen (secondary N) is 1. The third-order valence-electron chi connectivity index (χ3n) is 4.96. The summed E-state index contributed by atoms with van der Waals surface area (Å²) in [7, 11) is 1.62. The normalized spacial score (nSPS) is 17.4. The quantitative estimate of drug-likeness (QED) is 0.613. The van der Waals surface area contributed by atoms with Gasteiger partial charge < -0.3 is 10.1 Å². The van der Waals surface area contributed by atoms with E-state index in [9.17, 15) is 14.0 Å². The Kier molecular flexibility index (Phi) is 7.81. The lowest BCUT2D eigenvalue weighted by molar-refractivity contribution is -0.128. The van der Waals surface area contributed by atoms with Crippen molar-refractivity contribution in [2.75, 3.05) is 25.6 Å². The van der Waals surface area contributed by atoms with E-state index in [1.807, 2.05) is 32.0 Å². The molecule has 1 aliphatic heterocycles. The number of anilines is 1. The summed E-state index contributed by atoms with van der Waals surface area (Å²) in [6.45, 7) is 5.05. The smallest absolute Gasteiger partial charge is 0.242 e. The maximum atomic E-state index is 13.1. The van der Waals surface area contributed by atoms with Crippen molar-refractivity contribution in [3.05, 3.63) is 59.4 Å². The van der Waals surface area contributed by atoms with Crippen molar-refractivity contribution in [2.24, 2.45) is 4.99 Å². The van der Waals surface area contributed by atoms with Gasteiger partial charge in [-0.15, -0.1) is 0 Å². The fourth-order valence-electron chi connectivity index (χ4n) is 3.12. The Morgan fingerprint density at radius 3 is 2.61 bits per heavy atom. The topological polar surface area (TPSA) is 71.0 Å². The van der Waals surface area contributed by atoms with E-state index < -0.39 is 5.25 Å². The van der Waals surface area contributed by atoms with Gasteiger partial charge in [-0.2, -0.15) is 0 Å². The maximum Gasteiger partial charge on any atom is 0.242 e. The number of methoxy groups -OCH3 is 1. The first-order chi connectivity index (χ1) is 14.9. The fourth-order valence-corrected chi connectivity index (χ4v) is 4.30. The summed E-state index contributed by atoms with van der Waals surface area (Å²) in [6, 6.07) is 11.4. The number of hydrogen-bond acceptors (Lipinski definition) is 5. The molecular weight excluding hydrogens is 417 g/mol. The van der Waals surface area contributed by atoms with Crippen LogP contribution in [0.4, 0.5) is 15.8 Å². The maximum absolute atomic E-state index is 13.1. The molecule has 6 nitrogen and oxygen atoms in total. The van der Waals surface area contributed by atoms with Crippen LogP contribution in [0.5, 0.6) is 0 Å². The summed E-state index contributed by atoms with van der Waals surface area (Å²) >= 11 is 1.30. The van der Waals surface area contributed by atoms with Crippen LogP contribution in [0, 0.1) is 19.7 Å². The molecule has 0 bridgehead atoms. The number of amidine groups is 1. The largest absolute Gasteiger partial charge is 0.385 e. The van der Waals surface area contributed by atoms with E-state index in [1.54, 1.807) is 12.0 Å². The fraction of sp³-hybridized carbons (Fsp3) is 0.348. The molecule has 1 N–H and O–H groups in total. The van der Waals surface area contributed by atoms with Gasteiger partial charge in [-0.1, -0.05) is 17.8 Å². The molecule has 0 radical (unpaired) electrons. The second-order valence-electron chi connectivity index (χ2n) is 7.36. The Hall–Kier alpha value is -2.71. The predicted octanol–water partition coefficient (Wildman–Crippen LogP) is 4.44. The van der Waals surface area contributed by atoms with Crippen LogP contribution < -0.4 is 5.32 Å². The summed E-state index contributed by atoms with van der Waals surface area (Å²) in [5.74, 6) is -0.821. The van der Waals surface area contributed by atoms with E-state index in [4.69, 9.17) is 9.73 Å². The first kappa shape index (κ1) is 23.0. The van der Waals surface area contributed by atoms with Gasteiger partial charge in [0.15, 0.2) is 5.17 Å². The number of carbonyl (C=O) groups excluding carboxylic acids is 2. The number of halogens is 1. The molecule has 0 aromatic heterocycles. The molecule has 2 aromatic carbocycles. The molecule has 2 amide bonds. The molecule has 1 fully saturated rings. The zero-order valence-corrected chi connectivity index (χ0v) is 18.7. The first-order valence-electron chi connectivity index (χ1n) is 10.1. The minimum absolute atomic E-state index is 0.00754. The molecule has 1 saturated heterocycles. The third kappa shape index (κ3) is 6.15. The number of aryl methyl sites for hydroxylation is 2. The van der Waals surface area contributed by atoms with Gasteiger partial charge in [-0.05, 0) is 67.8 Å². The molecule has 31 heavy (non-hydrogen) atoms. The Morgan fingerprint density at radius 2 is 1.94 bits per heavy atom. The van der Waals surface area contributed by atoms with Crippen molar-refractivity contribution in [3.8, 4) is 0 Å². The number of hydrogen-bond donors (Lipinski definition) is 1. The highest BCUT2D eigenvalue weighted by Crippen LogP contribution is 2.32. The van der Waals surface area contributed by atoms with E-state index in [-0.39, 0.29) is 24.1 Å². The summed E-state index contributed by atoms with van der Waals surface area (Å²) in [6.07, 6.45) is 0.677. The lowest BCUT2D eigenvalue weighted by Gasteiger charge is -2.16. The Morgan fingerprint density at radius 1 is 1.19 bits per heavy atom. The lowest BCUT2D eigenvalue weighted by Crippen LogP contribution is -2.34. The van der Waals surface area contributed by atoms with Gasteiger partial charge in [0.1, 0.15) is 11.1 Å². The van der Waals surface area contributed by atoms with Crippen LogP contribution >= 0.6 is 11.8 Å². The summed E-state index contributed by atoms with van der Waals surface area (Å²) in [4.78, 5) is 31.8. The number of rotatable bonds is 8. The Labute approximate surface area is 185 Å². The van der Waals surface area contributed by atoms with Gasteiger partial charge in [0.25, 0.3) is 0 Å². The van der Waals surface area contributed by atoms with Crippen LogP contribution in [-0.2, 0) is 14.3 Å². The highest BCUT2D eigenvalue weighted by atomic mass is 32.2. The molecule has 1 unspecified atom stereocenters. The SMILES string of the molecule is COCCCN1C(=O)C(CC(=O)Nc2ccc(F)cc2)SC1=Nc1ccc(C)c(C)c1. The standard InChI is InChI=1S/C23H26FN3O3S/c1-15-5-8-19(13-16(15)2)26-23-27(11-4-12-30-3)22(29)20(31-23)14-21(28)25-18-9-6-17(24)7-10-18/h5-10,13,20H,4,11-12,14H2,1-3H3,(H,25,28). The van der Waals surface area contributed by atoms with Crippen molar-refractivity contribution in [3.63, 3.8) is 0 Å². The molecular formula is C23H26FN3O3S. The monoisotopic (exact) mass is 443 g/mol. The average molecular weight is 444 g/mol. The van der Waals surface area contributed by atoms with Crippen molar-refractivity contribution in [1.29, 1.82) is 0 Å². The number of thioether (sulfide) groups is 1. The van der Waals surface area contributed by atoms with E-state index in [0.29, 0.717) is 30.4 Å². The average Bonchev–Trinajstić information content (AvgIpc) is 3.01. The van der Waals surface area contributed by atoms with Crippen LogP contribution in [0.2, 0.25) is 0 Å². The van der Waals surface area contributed by atoms with Crippen molar-refractivity contribution in [1.82, 2.24) is 4.90 Å². The zero-order chi connectivity index (χ0) is 22.4. The van der Waals surface area contributed by atoms with Gasteiger partial charge >= 0.3 is 0 Å². The summed E-state index contributed by atoms with van der Waals surface area (Å²) in [5.41, 5.74) is 3.55. The van der Waals surface area contributed by atoms with Gasteiger partial charge in [0, 0.05) is 32.4 Å². The molecule has 0 saturated carbocycles. The number of aliphatic imine (C=N–C) groups is 1. The number of carbonyl (C=O) groups is 2. The summed E-state index contributed by atoms with van der Waals surface area (Å²) in [5, 5.41) is 2.74. The van der Waals surface area contributed by atoms with Gasteiger partial charge in [0.05, 0.1) is 5.69 Å². The molecule has 0 spiro atoms. The van der Waals surface area contributed by atoms with Crippen LogP contribution in [0.3, 0.4) is 0 Å². The van der Waals surface area contributed by atoms with Crippen LogP contribution in [0.1, 0.15) is 24.0 Å². The number of ether oxygens (including phenoxy) is 1. The van der Waals surface area contributed by atoms with Gasteiger partial charge in [-0.3, -0.25) is 14.5 Å².